The van der Waals surface area contributed by atoms with Crippen molar-refractivity contribution in [1.29, 1.82) is 5.26 Å². The smallest absolute Gasteiger partial charge is 0.127 e. The molecule has 0 spiro atoms. The molecule has 1 heterocycles. The van der Waals surface area contributed by atoms with Gasteiger partial charge in [0.2, 0.25) is 0 Å². The number of rotatable bonds is 6. The number of halogens is 1. The summed E-state index contributed by atoms with van der Waals surface area (Å²) in [6.45, 7) is 4.18. The van der Waals surface area contributed by atoms with Gasteiger partial charge in [0.15, 0.2) is 0 Å². The molecule has 0 saturated heterocycles. The average molecular weight is 347 g/mol. The first kappa shape index (κ1) is 17.9. The van der Waals surface area contributed by atoms with Gasteiger partial charge < -0.3 is 4.57 Å². The molecule has 0 bridgehead atoms. The normalized spacial score (nSPS) is 11.9. The van der Waals surface area contributed by atoms with Gasteiger partial charge in [-0.25, -0.2) is 9.37 Å². The monoisotopic (exact) mass is 347 g/mol. The number of hydrogen-bond donors (Lipinski definition) is 0. The number of nitrogens with zero attached hydrogens (tertiary/aromatic N) is 3. The first-order valence-corrected chi connectivity index (χ1v) is 8.84. The fourth-order valence-corrected chi connectivity index (χ4v) is 3.21. The third-order valence-corrected chi connectivity index (χ3v) is 4.69. The Kier molecular flexibility index (Phi) is 5.48. The third kappa shape index (κ3) is 4.18. The van der Waals surface area contributed by atoms with Crippen LogP contribution >= 0.6 is 0 Å². The predicted molar refractivity (Wildman–Crippen MR) is 101 cm³/mol. The fourth-order valence-electron chi connectivity index (χ4n) is 3.21. The van der Waals surface area contributed by atoms with E-state index >= 15 is 0 Å². The molecule has 132 valence electrons. The first-order valence-electron chi connectivity index (χ1n) is 8.84. The number of aromatic nitrogens is 2. The van der Waals surface area contributed by atoms with Crippen molar-refractivity contribution in [3.05, 3.63) is 83.2 Å². The van der Waals surface area contributed by atoms with Gasteiger partial charge in [-0.05, 0) is 67.5 Å². The quantitative estimate of drug-likeness (QED) is 0.629. The molecule has 3 aromatic rings. The molecule has 0 fully saturated rings. The second kappa shape index (κ2) is 7.97. The van der Waals surface area contributed by atoms with Gasteiger partial charge in [0.05, 0.1) is 11.6 Å². The lowest BCUT2D eigenvalue weighted by molar-refractivity contribution is 0.518. The van der Waals surface area contributed by atoms with Crippen molar-refractivity contribution in [2.24, 2.45) is 5.92 Å². The lowest BCUT2D eigenvalue weighted by Crippen LogP contribution is -2.04. The van der Waals surface area contributed by atoms with Crippen molar-refractivity contribution < 1.29 is 4.39 Å². The Morgan fingerprint density at radius 2 is 2.08 bits per heavy atom. The summed E-state index contributed by atoms with van der Waals surface area (Å²) in [5.41, 5.74) is 3.43. The first-order chi connectivity index (χ1) is 12.6. The summed E-state index contributed by atoms with van der Waals surface area (Å²) < 4.78 is 16.1. The van der Waals surface area contributed by atoms with E-state index in [1.54, 1.807) is 18.3 Å². The number of nitriles is 1. The number of hydrogen-bond acceptors (Lipinski definition) is 2. The molecule has 0 aliphatic rings. The van der Waals surface area contributed by atoms with E-state index in [0.717, 1.165) is 24.4 Å². The van der Waals surface area contributed by atoms with Crippen LogP contribution in [0.3, 0.4) is 0 Å². The van der Waals surface area contributed by atoms with Gasteiger partial charge in [-0.3, -0.25) is 0 Å². The van der Waals surface area contributed by atoms with Gasteiger partial charge in [0.25, 0.3) is 0 Å². The molecule has 1 unspecified atom stereocenters. The van der Waals surface area contributed by atoms with E-state index in [2.05, 4.69) is 40.7 Å². The van der Waals surface area contributed by atoms with Gasteiger partial charge in [0, 0.05) is 18.1 Å². The summed E-state index contributed by atoms with van der Waals surface area (Å²) in [4.78, 5) is 4.27. The third-order valence-electron chi connectivity index (χ3n) is 4.69. The topological polar surface area (TPSA) is 41.6 Å². The van der Waals surface area contributed by atoms with Crippen molar-refractivity contribution in [3.63, 3.8) is 0 Å². The Balaban J connectivity index is 1.63. The summed E-state index contributed by atoms with van der Waals surface area (Å²) in [7, 11) is 0. The summed E-state index contributed by atoms with van der Waals surface area (Å²) in [6.07, 6.45) is 6.29. The molecule has 1 aromatic heterocycles. The average Bonchev–Trinajstić information content (AvgIpc) is 3.07. The Morgan fingerprint density at radius 1 is 1.23 bits per heavy atom. The van der Waals surface area contributed by atoms with E-state index in [0.29, 0.717) is 23.5 Å². The van der Waals surface area contributed by atoms with Crippen LogP contribution in [0.4, 0.5) is 4.39 Å². The van der Waals surface area contributed by atoms with Crippen molar-refractivity contribution in [3.8, 4) is 11.8 Å². The molecule has 0 saturated carbocycles. The Morgan fingerprint density at radius 3 is 2.77 bits per heavy atom. The Bertz CT molecular complexity index is 937. The van der Waals surface area contributed by atoms with Gasteiger partial charge >= 0.3 is 0 Å². The van der Waals surface area contributed by atoms with Crippen molar-refractivity contribution in [2.75, 3.05) is 0 Å². The van der Waals surface area contributed by atoms with Crippen molar-refractivity contribution in [2.45, 2.75) is 33.1 Å². The number of aryl methyl sites for hydroxylation is 2. The number of imidazole rings is 1. The van der Waals surface area contributed by atoms with Gasteiger partial charge in [-0.2, -0.15) is 5.26 Å². The molecule has 0 radical (unpaired) electrons. The lowest BCUT2D eigenvalue weighted by Gasteiger charge is -2.13. The van der Waals surface area contributed by atoms with Gasteiger partial charge in [-0.1, -0.05) is 25.1 Å². The maximum Gasteiger partial charge on any atom is 0.127 e. The molecule has 26 heavy (non-hydrogen) atoms. The largest absolute Gasteiger partial charge is 0.304 e. The van der Waals surface area contributed by atoms with Crippen LogP contribution in [0, 0.1) is 30.0 Å². The molecule has 0 amide bonds. The van der Waals surface area contributed by atoms with E-state index in [1.807, 2.05) is 19.2 Å². The van der Waals surface area contributed by atoms with Gasteiger partial charge in [-0.15, -0.1) is 0 Å². The van der Waals surface area contributed by atoms with Crippen LogP contribution in [0.25, 0.3) is 5.69 Å². The SMILES string of the molecule is Cc1nccn1-c1cccc(CC(C)CCc2ccc(C#N)cc2F)c1. The van der Waals surface area contributed by atoms with Crippen molar-refractivity contribution >= 4 is 0 Å². The Labute approximate surface area is 153 Å². The highest BCUT2D eigenvalue weighted by Gasteiger charge is 2.09. The van der Waals surface area contributed by atoms with Crippen molar-refractivity contribution in [1.82, 2.24) is 9.55 Å². The molecule has 0 aliphatic heterocycles. The van der Waals surface area contributed by atoms with Crippen LogP contribution in [-0.4, -0.2) is 9.55 Å². The van der Waals surface area contributed by atoms with Crippen LogP contribution in [-0.2, 0) is 12.8 Å². The van der Waals surface area contributed by atoms with E-state index < -0.39 is 0 Å². The number of benzene rings is 2. The highest BCUT2D eigenvalue weighted by atomic mass is 19.1. The zero-order valence-corrected chi connectivity index (χ0v) is 15.1. The van der Waals surface area contributed by atoms with E-state index in [-0.39, 0.29) is 5.82 Å². The summed E-state index contributed by atoms with van der Waals surface area (Å²) in [6, 6.07) is 15.2. The van der Waals surface area contributed by atoms with E-state index in [9.17, 15) is 4.39 Å². The molecule has 3 rings (SSSR count). The minimum absolute atomic E-state index is 0.283. The fraction of sp³-hybridized carbons (Fsp3) is 0.273. The molecule has 0 N–H and O–H groups in total. The molecule has 4 heteroatoms. The molecular weight excluding hydrogens is 325 g/mol. The van der Waals surface area contributed by atoms with E-state index in [1.165, 1.54) is 11.6 Å². The highest BCUT2D eigenvalue weighted by Crippen LogP contribution is 2.20. The zero-order chi connectivity index (χ0) is 18.5. The standard InChI is InChI=1S/C22H22FN3/c1-16(6-8-20-9-7-19(15-24)14-22(20)23)12-18-4-3-5-21(13-18)26-11-10-25-17(26)2/h3-5,7,9-11,13-14,16H,6,8,12H2,1-2H3. The van der Waals surface area contributed by atoms with Crippen LogP contribution in [0.1, 0.15) is 35.9 Å². The summed E-state index contributed by atoms with van der Waals surface area (Å²) in [5.74, 6) is 1.12. The highest BCUT2D eigenvalue weighted by molar-refractivity contribution is 5.37. The molecular formula is C22H22FN3. The minimum atomic E-state index is -0.283. The van der Waals surface area contributed by atoms with Crippen LogP contribution in [0.2, 0.25) is 0 Å². The maximum atomic E-state index is 14.0. The van der Waals surface area contributed by atoms with Crippen LogP contribution in [0.5, 0.6) is 0 Å². The second-order valence-electron chi connectivity index (χ2n) is 6.78. The predicted octanol–water partition coefficient (Wildman–Crippen LogP) is 5.00. The molecule has 0 aliphatic carbocycles. The van der Waals surface area contributed by atoms with E-state index in [4.69, 9.17) is 5.26 Å². The zero-order valence-electron chi connectivity index (χ0n) is 15.1. The molecule has 3 nitrogen and oxygen atoms in total. The summed E-state index contributed by atoms with van der Waals surface area (Å²) >= 11 is 0. The van der Waals surface area contributed by atoms with Crippen LogP contribution < -0.4 is 0 Å². The summed E-state index contributed by atoms with van der Waals surface area (Å²) in [5, 5.41) is 8.82. The molecule has 2 aromatic carbocycles. The molecule has 1 atom stereocenters. The second-order valence-corrected chi connectivity index (χ2v) is 6.78. The van der Waals surface area contributed by atoms with Gasteiger partial charge in [0.1, 0.15) is 11.6 Å². The lowest BCUT2D eigenvalue weighted by atomic mass is 9.94. The minimum Gasteiger partial charge on any atom is -0.304 e. The Hall–Kier alpha value is -2.93. The van der Waals surface area contributed by atoms with Crippen LogP contribution in [0.15, 0.2) is 54.9 Å². The maximum absolute atomic E-state index is 14.0.